The number of carbonyl (C=O) groups is 2. The van der Waals surface area contributed by atoms with Gasteiger partial charge >= 0.3 is 6.18 Å². The second kappa shape index (κ2) is 7.64. The molecule has 1 aromatic heterocycles. The van der Waals surface area contributed by atoms with Crippen molar-refractivity contribution in [2.45, 2.75) is 19.5 Å². The molecule has 0 spiro atoms. The maximum atomic E-state index is 12.7. The third kappa shape index (κ3) is 4.79. The summed E-state index contributed by atoms with van der Waals surface area (Å²) in [5.74, 6) is -1.00. The van der Waals surface area contributed by atoms with Crippen LogP contribution >= 0.6 is 11.3 Å². The normalized spacial score (nSPS) is 11.2. The summed E-state index contributed by atoms with van der Waals surface area (Å²) in [5.41, 5.74) is -0.863. The van der Waals surface area contributed by atoms with Crippen LogP contribution in [0.2, 0.25) is 0 Å². The third-order valence-corrected chi connectivity index (χ3v) is 4.06. The Labute approximate surface area is 146 Å². The van der Waals surface area contributed by atoms with Crippen LogP contribution in [0, 0.1) is 0 Å². The fourth-order valence-corrected chi connectivity index (χ4v) is 2.75. The number of carbonyl (C=O) groups excluding carboxylic acids is 2. The van der Waals surface area contributed by atoms with Crippen molar-refractivity contribution in [3.63, 3.8) is 0 Å². The van der Waals surface area contributed by atoms with Gasteiger partial charge in [-0.2, -0.15) is 13.2 Å². The fraction of sp³-hybridized carbons (Fsp3) is 0.312. The van der Waals surface area contributed by atoms with Crippen molar-refractivity contribution in [2.24, 2.45) is 0 Å². The summed E-state index contributed by atoms with van der Waals surface area (Å²) in [7, 11) is 1.64. The summed E-state index contributed by atoms with van der Waals surface area (Å²) in [6.07, 6.45) is -3.73. The Hall–Kier alpha value is -2.42. The smallest absolute Gasteiger partial charge is 0.340 e. The maximum Gasteiger partial charge on any atom is 0.416 e. The molecule has 1 N–H and O–H groups in total. The van der Waals surface area contributed by atoms with Gasteiger partial charge in [0.2, 0.25) is 0 Å². The Morgan fingerprint density at radius 1 is 1.32 bits per heavy atom. The lowest BCUT2D eigenvalue weighted by molar-refractivity contribution is -0.137. The van der Waals surface area contributed by atoms with E-state index >= 15 is 0 Å². The van der Waals surface area contributed by atoms with Crippen LogP contribution in [0.15, 0.2) is 29.6 Å². The van der Waals surface area contributed by atoms with E-state index in [1.54, 1.807) is 7.05 Å². The molecule has 1 heterocycles. The number of thiazole rings is 1. The van der Waals surface area contributed by atoms with Crippen LogP contribution in [-0.4, -0.2) is 35.3 Å². The SMILES string of the molecule is CCCN(C)C(=O)c1csc(NC(=O)c2cccc(C(F)(F)F)c2)n1. The van der Waals surface area contributed by atoms with Crippen molar-refractivity contribution in [1.82, 2.24) is 9.88 Å². The Balaban J connectivity index is 2.11. The van der Waals surface area contributed by atoms with Gasteiger partial charge in [-0.3, -0.25) is 14.9 Å². The van der Waals surface area contributed by atoms with Gasteiger partial charge in [0, 0.05) is 24.5 Å². The molecule has 0 unspecified atom stereocenters. The lowest BCUT2D eigenvalue weighted by atomic mass is 10.1. The van der Waals surface area contributed by atoms with Crippen LogP contribution in [0.25, 0.3) is 0 Å². The number of aromatic nitrogens is 1. The minimum absolute atomic E-state index is 0.138. The first-order valence-corrected chi connectivity index (χ1v) is 8.30. The zero-order valence-electron chi connectivity index (χ0n) is 13.6. The highest BCUT2D eigenvalue weighted by molar-refractivity contribution is 7.14. The van der Waals surface area contributed by atoms with E-state index in [0.29, 0.717) is 6.54 Å². The predicted molar refractivity (Wildman–Crippen MR) is 88.8 cm³/mol. The van der Waals surface area contributed by atoms with E-state index in [-0.39, 0.29) is 22.3 Å². The van der Waals surface area contributed by atoms with Crippen molar-refractivity contribution in [1.29, 1.82) is 0 Å². The van der Waals surface area contributed by atoms with E-state index in [0.717, 1.165) is 36.0 Å². The number of hydrogen-bond donors (Lipinski definition) is 1. The first-order valence-electron chi connectivity index (χ1n) is 7.42. The van der Waals surface area contributed by atoms with Crippen LogP contribution in [-0.2, 0) is 6.18 Å². The van der Waals surface area contributed by atoms with Crippen molar-refractivity contribution >= 4 is 28.3 Å². The molecule has 0 radical (unpaired) electrons. The molecule has 1 aromatic carbocycles. The molecule has 0 saturated heterocycles. The van der Waals surface area contributed by atoms with Crippen molar-refractivity contribution in [2.75, 3.05) is 18.9 Å². The second-order valence-corrected chi connectivity index (χ2v) is 6.16. The lowest BCUT2D eigenvalue weighted by Crippen LogP contribution is -2.27. The summed E-state index contributed by atoms with van der Waals surface area (Å²) >= 11 is 1.03. The Morgan fingerprint density at radius 3 is 2.68 bits per heavy atom. The Kier molecular flexibility index (Phi) is 5.78. The zero-order valence-corrected chi connectivity index (χ0v) is 14.4. The average Bonchev–Trinajstić information content (AvgIpc) is 3.02. The van der Waals surface area contributed by atoms with Gasteiger partial charge in [-0.05, 0) is 24.6 Å². The van der Waals surface area contributed by atoms with Crippen LogP contribution in [0.3, 0.4) is 0 Å². The molecule has 2 rings (SSSR count). The topological polar surface area (TPSA) is 62.3 Å². The van der Waals surface area contributed by atoms with Crippen LogP contribution in [0.5, 0.6) is 0 Å². The number of amides is 2. The molecular weight excluding hydrogens is 355 g/mol. The summed E-state index contributed by atoms with van der Waals surface area (Å²) in [6, 6.07) is 4.10. The molecule has 9 heteroatoms. The number of benzene rings is 1. The highest BCUT2D eigenvalue weighted by atomic mass is 32.1. The van der Waals surface area contributed by atoms with Gasteiger partial charge in [0.1, 0.15) is 5.69 Å². The monoisotopic (exact) mass is 371 g/mol. The Morgan fingerprint density at radius 2 is 2.04 bits per heavy atom. The number of rotatable bonds is 5. The standard InChI is InChI=1S/C16H16F3N3O2S/c1-3-7-22(2)14(24)12-9-25-15(20-12)21-13(23)10-5-4-6-11(8-10)16(17,18)19/h4-6,8-9H,3,7H2,1-2H3,(H,20,21,23). The van der Waals surface area contributed by atoms with Gasteiger partial charge in [-0.25, -0.2) is 4.98 Å². The third-order valence-electron chi connectivity index (χ3n) is 3.30. The average molecular weight is 371 g/mol. The Bertz CT molecular complexity index is 774. The van der Waals surface area contributed by atoms with Gasteiger partial charge in [0.25, 0.3) is 11.8 Å². The van der Waals surface area contributed by atoms with Gasteiger partial charge in [0.05, 0.1) is 5.56 Å². The predicted octanol–water partition coefficient (Wildman–Crippen LogP) is 3.90. The first-order chi connectivity index (χ1) is 11.7. The van der Waals surface area contributed by atoms with Gasteiger partial charge in [-0.1, -0.05) is 13.0 Å². The fourth-order valence-electron chi connectivity index (χ4n) is 2.07. The number of halogens is 3. The molecule has 2 aromatic rings. The molecular formula is C16H16F3N3O2S. The van der Waals surface area contributed by atoms with E-state index in [4.69, 9.17) is 0 Å². The highest BCUT2D eigenvalue weighted by Gasteiger charge is 2.31. The number of nitrogens with zero attached hydrogens (tertiary/aromatic N) is 2. The second-order valence-electron chi connectivity index (χ2n) is 5.30. The van der Waals surface area contributed by atoms with Gasteiger partial charge in [-0.15, -0.1) is 11.3 Å². The van der Waals surface area contributed by atoms with Crippen LogP contribution in [0.1, 0.15) is 39.8 Å². The van der Waals surface area contributed by atoms with Crippen LogP contribution < -0.4 is 5.32 Å². The van der Waals surface area contributed by atoms with Crippen molar-refractivity contribution in [3.8, 4) is 0 Å². The molecule has 0 aliphatic heterocycles. The summed E-state index contributed by atoms with van der Waals surface area (Å²) in [4.78, 5) is 29.7. The number of alkyl halides is 3. The molecule has 0 bridgehead atoms. The van der Waals surface area contributed by atoms with Crippen molar-refractivity contribution in [3.05, 3.63) is 46.5 Å². The minimum atomic E-state index is -4.53. The molecule has 0 fully saturated rings. The molecule has 134 valence electrons. The summed E-state index contributed by atoms with van der Waals surface area (Å²) < 4.78 is 38.1. The highest BCUT2D eigenvalue weighted by Crippen LogP contribution is 2.29. The van der Waals surface area contributed by atoms with Crippen molar-refractivity contribution < 1.29 is 22.8 Å². The number of nitrogens with one attached hydrogen (secondary N) is 1. The van der Waals surface area contributed by atoms with E-state index in [9.17, 15) is 22.8 Å². The van der Waals surface area contributed by atoms with E-state index < -0.39 is 17.6 Å². The number of hydrogen-bond acceptors (Lipinski definition) is 4. The number of anilines is 1. The molecule has 0 aliphatic rings. The lowest BCUT2D eigenvalue weighted by Gasteiger charge is -2.13. The maximum absolute atomic E-state index is 12.7. The molecule has 0 aliphatic carbocycles. The molecule has 5 nitrogen and oxygen atoms in total. The summed E-state index contributed by atoms with van der Waals surface area (Å²) in [5, 5.41) is 4.06. The quantitative estimate of drug-likeness (QED) is 0.867. The van der Waals surface area contributed by atoms with E-state index in [2.05, 4.69) is 10.3 Å². The first kappa shape index (κ1) is 18.9. The van der Waals surface area contributed by atoms with E-state index in [1.165, 1.54) is 16.3 Å². The molecule has 2 amide bonds. The van der Waals surface area contributed by atoms with Gasteiger partial charge < -0.3 is 4.90 Å². The minimum Gasteiger partial charge on any atom is -0.340 e. The van der Waals surface area contributed by atoms with Gasteiger partial charge in [0.15, 0.2) is 5.13 Å². The van der Waals surface area contributed by atoms with Crippen LogP contribution in [0.4, 0.5) is 18.3 Å². The molecule has 25 heavy (non-hydrogen) atoms. The largest absolute Gasteiger partial charge is 0.416 e. The molecule has 0 saturated carbocycles. The van der Waals surface area contributed by atoms with E-state index in [1.807, 2.05) is 6.92 Å². The zero-order chi connectivity index (χ0) is 18.6. The molecule has 0 atom stereocenters. The summed E-state index contributed by atoms with van der Waals surface area (Å²) in [6.45, 7) is 2.51.